The molecule has 3 aromatic rings. The summed E-state index contributed by atoms with van der Waals surface area (Å²) in [6.45, 7) is 2.31. The van der Waals surface area contributed by atoms with Gasteiger partial charge in [0.05, 0.1) is 11.7 Å². The lowest BCUT2D eigenvalue weighted by molar-refractivity contribution is 0.0642. The maximum Gasteiger partial charge on any atom is 0.254 e. The SMILES string of the molecule is CNc1cc(Oc2cc(N)nc(-c3ccc4c(c3)CN(C3CNC3)C4=O)c2)ccc1C=N. The van der Waals surface area contributed by atoms with Gasteiger partial charge >= 0.3 is 0 Å². The molecule has 2 aromatic carbocycles. The normalized spacial score (nSPS) is 15.3. The molecule has 3 heterocycles. The van der Waals surface area contributed by atoms with E-state index in [4.69, 9.17) is 15.9 Å². The zero-order valence-electron chi connectivity index (χ0n) is 17.7. The third kappa shape index (κ3) is 3.54. The molecule has 0 aliphatic carbocycles. The second-order valence-electron chi connectivity index (χ2n) is 7.98. The van der Waals surface area contributed by atoms with Gasteiger partial charge in [0.25, 0.3) is 5.91 Å². The van der Waals surface area contributed by atoms with Crippen LogP contribution in [0.4, 0.5) is 11.5 Å². The number of hydrogen-bond acceptors (Lipinski definition) is 7. The Morgan fingerprint density at radius 2 is 2.03 bits per heavy atom. The van der Waals surface area contributed by atoms with E-state index in [1.54, 1.807) is 13.1 Å². The van der Waals surface area contributed by atoms with Crippen LogP contribution < -0.4 is 21.1 Å². The first-order valence-corrected chi connectivity index (χ1v) is 10.5. The summed E-state index contributed by atoms with van der Waals surface area (Å²) in [7, 11) is 1.80. The number of nitrogen functional groups attached to an aromatic ring is 1. The van der Waals surface area contributed by atoms with Gasteiger partial charge in [-0.15, -0.1) is 0 Å². The highest BCUT2D eigenvalue weighted by Crippen LogP contribution is 2.33. The molecule has 1 amide bonds. The average Bonchev–Trinajstić information content (AvgIpc) is 3.07. The van der Waals surface area contributed by atoms with Gasteiger partial charge < -0.3 is 31.4 Å². The number of nitrogens with two attached hydrogens (primary N) is 1. The van der Waals surface area contributed by atoms with Crippen LogP contribution in [0.1, 0.15) is 21.5 Å². The van der Waals surface area contributed by atoms with Gasteiger partial charge in [-0.1, -0.05) is 6.07 Å². The van der Waals surface area contributed by atoms with E-state index >= 15 is 0 Å². The summed E-state index contributed by atoms with van der Waals surface area (Å²) in [4.78, 5) is 19.1. The number of ether oxygens (including phenoxy) is 1. The molecule has 32 heavy (non-hydrogen) atoms. The molecule has 5 rings (SSSR count). The predicted octanol–water partition coefficient (Wildman–Crippen LogP) is 3.09. The third-order valence-corrected chi connectivity index (χ3v) is 5.94. The highest BCUT2D eigenvalue weighted by Gasteiger charge is 2.35. The molecule has 162 valence electrons. The van der Waals surface area contributed by atoms with E-state index in [1.165, 1.54) is 6.21 Å². The zero-order valence-corrected chi connectivity index (χ0v) is 17.7. The van der Waals surface area contributed by atoms with Gasteiger partial charge in [-0.25, -0.2) is 4.98 Å². The predicted molar refractivity (Wildman–Crippen MR) is 125 cm³/mol. The summed E-state index contributed by atoms with van der Waals surface area (Å²) >= 11 is 0. The molecular weight excluding hydrogens is 404 g/mol. The fraction of sp³-hybridized carbons (Fsp3) is 0.208. The van der Waals surface area contributed by atoms with E-state index in [0.717, 1.165) is 41.0 Å². The van der Waals surface area contributed by atoms with E-state index in [0.29, 0.717) is 29.6 Å². The van der Waals surface area contributed by atoms with Gasteiger partial charge in [0.1, 0.15) is 17.3 Å². The van der Waals surface area contributed by atoms with Crippen molar-refractivity contribution in [2.24, 2.45) is 0 Å². The quantitative estimate of drug-likeness (QED) is 0.449. The Labute approximate surface area is 185 Å². The number of anilines is 2. The van der Waals surface area contributed by atoms with Crippen molar-refractivity contribution < 1.29 is 9.53 Å². The molecule has 0 radical (unpaired) electrons. The first kappa shape index (κ1) is 20.0. The molecule has 8 heteroatoms. The topological polar surface area (TPSA) is 116 Å². The second-order valence-corrected chi connectivity index (χ2v) is 7.98. The van der Waals surface area contributed by atoms with Crippen LogP contribution in [-0.2, 0) is 6.54 Å². The molecule has 5 N–H and O–H groups in total. The lowest BCUT2D eigenvalue weighted by Crippen LogP contribution is -2.57. The van der Waals surface area contributed by atoms with Crippen molar-refractivity contribution in [1.82, 2.24) is 15.2 Å². The lowest BCUT2D eigenvalue weighted by atomic mass is 10.0. The van der Waals surface area contributed by atoms with Gasteiger partial charge in [0, 0.05) is 73.5 Å². The second kappa shape index (κ2) is 7.97. The monoisotopic (exact) mass is 428 g/mol. The Morgan fingerprint density at radius 1 is 1.19 bits per heavy atom. The number of carbonyl (C=O) groups is 1. The fourth-order valence-electron chi connectivity index (χ4n) is 4.10. The molecule has 1 aromatic heterocycles. The minimum absolute atomic E-state index is 0.0938. The number of nitrogens with zero attached hydrogens (tertiary/aromatic N) is 2. The number of hydrogen-bond donors (Lipinski definition) is 4. The van der Waals surface area contributed by atoms with E-state index in [1.807, 2.05) is 47.4 Å². The van der Waals surface area contributed by atoms with E-state index in [9.17, 15) is 4.79 Å². The minimum Gasteiger partial charge on any atom is -0.457 e. The van der Waals surface area contributed by atoms with Crippen LogP contribution in [0, 0.1) is 5.41 Å². The molecule has 0 spiro atoms. The van der Waals surface area contributed by atoms with Crippen LogP contribution in [0.15, 0.2) is 48.5 Å². The molecule has 1 fully saturated rings. The summed E-state index contributed by atoms with van der Waals surface area (Å²) in [5.74, 6) is 1.63. The van der Waals surface area contributed by atoms with E-state index in [2.05, 4.69) is 15.6 Å². The number of carbonyl (C=O) groups excluding carboxylic acids is 1. The molecule has 8 nitrogen and oxygen atoms in total. The first-order chi connectivity index (χ1) is 15.6. The number of amides is 1. The molecular formula is C24H24N6O2. The van der Waals surface area contributed by atoms with Gasteiger partial charge in [0.2, 0.25) is 0 Å². The molecule has 0 bridgehead atoms. The van der Waals surface area contributed by atoms with Crippen molar-refractivity contribution in [3.05, 3.63) is 65.2 Å². The molecule has 0 atom stereocenters. The van der Waals surface area contributed by atoms with Crippen molar-refractivity contribution in [3.63, 3.8) is 0 Å². The van der Waals surface area contributed by atoms with Crippen molar-refractivity contribution in [1.29, 1.82) is 5.41 Å². The summed E-state index contributed by atoms with van der Waals surface area (Å²) in [6.07, 6.45) is 1.29. The first-order valence-electron chi connectivity index (χ1n) is 10.5. The fourth-order valence-corrected chi connectivity index (χ4v) is 4.10. The van der Waals surface area contributed by atoms with Crippen LogP contribution >= 0.6 is 0 Å². The molecule has 0 unspecified atom stereocenters. The zero-order chi connectivity index (χ0) is 22.2. The Balaban J connectivity index is 1.43. The van der Waals surface area contributed by atoms with Crippen LogP contribution in [0.2, 0.25) is 0 Å². The molecule has 1 saturated heterocycles. The number of pyridine rings is 1. The largest absolute Gasteiger partial charge is 0.457 e. The Hall–Kier alpha value is -3.91. The average molecular weight is 428 g/mol. The van der Waals surface area contributed by atoms with Gasteiger partial charge in [0.15, 0.2) is 0 Å². The lowest BCUT2D eigenvalue weighted by Gasteiger charge is -2.35. The highest BCUT2D eigenvalue weighted by molar-refractivity contribution is 5.99. The summed E-state index contributed by atoms with van der Waals surface area (Å²) < 4.78 is 6.04. The van der Waals surface area contributed by atoms with Crippen LogP contribution in [0.5, 0.6) is 11.5 Å². The maximum absolute atomic E-state index is 12.7. The number of aromatic nitrogens is 1. The molecule has 2 aliphatic rings. The van der Waals surface area contributed by atoms with Gasteiger partial charge in [-0.05, 0) is 29.8 Å². The Morgan fingerprint density at radius 3 is 2.75 bits per heavy atom. The van der Waals surface area contributed by atoms with Crippen LogP contribution in [0.3, 0.4) is 0 Å². The summed E-state index contributed by atoms with van der Waals surface area (Å²) in [5, 5.41) is 13.8. The number of benzene rings is 2. The molecule has 2 aliphatic heterocycles. The minimum atomic E-state index is 0.0938. The van der Waals surface area contributed by atoms with E-state index in [-0.39, 0.29) is 11.9 Å². The maximum atomic E-state index is 12.7. The van der Waals surface area contributed by atoms with Crippen LogP contribution in [0.25, 0.3) is 11.3 Å². The van der Waals surface area contributed by atoms with Crippen molar-refractivity contribution in [3.8, 4) is 22.8 Å². The Kier molecular flexibility index (Phi) is 4.99. The summed E-state index contributed by atoms with van der Waals surface area (Å²) in [6, 6.07) is 15.0. The third-order valence-electron chi connectivity index (χ3n) is 5.94. The van der Waals surface area contributed by atoms with Gasteiger partial charge in [-0.3, -0.25) is 4.79 Å². The Bertz CT molecular complexity index is 1220. The highest BCUT2D eigenvalue weighted by atomic mass is 16.5. The van der Waals surface area contributed by atoms with Crippen molar-refractivity contribution in [2.45, 2.75) is 12.6 Å². The van der Waals surface area contributed by atoms with E-state index < -0.39 is 0 Å². The van der Waals surface area contributed by atoms with Gasteiger partial charge in [-0.2, -0.15) is 0 Å². The summed E-state index contributed by atoms with van der Waals surface area (Å²) in [5.41, 5.74) is 11.0. The van der Waals surface area contributed by atoms with Crippen molar-refractivity contribution >= 4 is 23.6 Å². The number of rotatable bonds is 6. The smallest absolute Gasteiger partial charge is 0.254 e. The number of nitrogens with one attached hydrogen (secondary N) is 3. The standard InChI is InChI=1S/C24H24N6O2/c1-27-21-7-18(4-2-15(21)10-25)32-19-8-22(29-23(26)9-19)14-3-5-20-16(6-14)13-30(24(20)31)17-11-28-12-17/h2-10,17,25,27-28H,11-13H2,1H3,(H2,26,29). The van der Waals surface area contributed by atoms with Crippen LogP contribution in [-0.4, -0.2) is 48.2 Å². The van der Waals surface area contributed by atoms with Crippen molar-refractivity contribution in [2.75, 3.05) is 31.2 Å². The number of fused-ring (bicyclic) bond motifs is 1. The molecule has 0 saturated carbocycles.